The summed E-state index contributed by atoms with van der Waals surface area (Å²) in [6.07, 6.45) is 0. The van der Waals surface area contributed by atoms with Gasteiger partial charge in [0.25, 0.3) is 23.6 Å². The number of carbonyl (C=O) groups is 6. The van der Waals surface area contributed by atoms with Crippen molar-refractivity contribution in [2.75, 3.05) is 13.1 Å². The normalized spacial score (nSPS) is 23.2. The van der Waals surface area contributed by atoms with Gasteiger partial charge in [0.15, 0.2) is 5.54 Å². The van der Waals surface area contributed by atoms with E-state index in [1.807, 2.05) is 26.0 Å². The molecule has 13 nitrogen and oxygen atoms in total. The number of phenolic OH excluding ortho intramolecular Hbond substituents is 1. The molecule has 4 aliphatic rings. The molecule has 3 aromatic rings. The smallest absolute Gasteiger partial charge is 0.322 e. The summed E-state index contributed by atoms with van der Waals surface area (Å²) in [4.78, 5) is 79.5. The first-order valence-corrected chi connectivity index (χ1v) is 15.2. The molecule has 47 heavy (non-hydrogen) atoms. The highest BCUT2D eigenvalue weighted by Gasteiger charge is 2.51. The zero-order valence-electron chi connectivity index (χ0n) is 25.9. The van der Waals surface area contributed by atoms with E-state index in [1.165, 1.54) is 15.9 Å². The van der Waals surface area contributed by atoms with Crippen molar-refractivity contribution in [1.29, 1.82) is 0 Å². The number of phenols is 1. The van der Waals surface area contributed by atoms with E-state index in [1.54, 1.807) is 43.3 Å². The number of hydrogen-bond acceptors (Lipinski definition) is 7. The van der Waals surface area contributed by atoms with Gasteiger partial charge in [-0.05, 0) is 70.5 Å². The maximum absolute atomic E-state index is 13.5. The Labute approximate surface area is 269 Å². The second kappa shape index (κ2) is 10.4. The summed E-state index contributed by atoms with van der Waals surface area (Å²) in [6.45, 7) is 5.90. The Balaban J connectivity index is 1.14. The number of hydrogen-bond donors (Lipinski definition) is 5. The number of nitrogens with one attached hydrogen (secondary N) is 4. The standard InChI is InChI=1S/C34H32N6O7/c1-17(2)24-11-22(41)12-25-26(24)14-40(28(25)43)16-34(30(45)36-32(47)38-34)21-7-4-18(5-8-21)19-6-9-23-20(10-19)13-39(27(23)42)15-33(3)29(44)35-31(46)37-33/h4-12,17,41H,13-16H2,1-3H3,(H2,35,37,44,46)(H2,36,38,45,47). The predicted octanol–water partition coefficient (Wildman–Crippen LogP) is 2.43. The Hall–Kier alpha value is -5.72. The molecule has 7 rings (SSSR count). The lowest BCUT2D eigenvalue weighted by Gasteiger charge is -2.31. The molecule has 0 radical (unpaired) electrons. The van der Waals surface area contributed by atoms with Gasteiger partial charge in [0.1, 0.15) is 11.3 Å². The number of imide groups is 2. The van der Waals surface area contributed by atoms with Crippen LogP contribution in [0, 0.1) is 0 Å². The summed E-state index contributed by atoms with van der Waals surface area (Å²) in [7, 11) is 0. The second-order valence-electron chi connectivity index (χ2n) is 13.0. The fraction of sp³-hybridized carbons (Fsp3) is 0.294. The number of fused-ring (bicyclic) bond motifs is 2. The molecule has 0 bridgehead atoms. The first kappa shape index (κ1) is 30.0. The van der Waals surface area contributed by atoms with Crippen molar-refractivity contribution in [2.24, 2.45) is 0 Å². The van der Waals surface area contributed by atoms with Crippen molar-refractivity contribution >= 4 is 35.7 Å². The molecule has 0 aromatic heterocycles. The van der Waals surface area contributed by atoms with E-state index in [-0.39, 0.29) is 49.7 Å². The maximum Gasteiger partial charge on any atom is 0.322 e. The van der Waals surface area contributed by atoms with Gasteiger partial charge in [0.05, 0.1) is 13.1 Å². The molecular formula is C34H32N6O7. The zero-order chi connectivity index (χ0) is 33.4. The minimum atomic E-state index is -1.55. The Kier molecular flexibility index (Phi) is 6.63. The van der Waals surface area contributed by atoms with E-state index in [2.05, 4.69) is 21.3 Å². The van der Waals surface area contributed by atoms with E-state index in [4.69, 9.17) is 0 Å². The SMILES string of the molecule is CC(C)c1cc(O)cc2c1CN(CC1(c3ccc(-c4ccc5c(c4)CN(CC4(C)NC(=O)NC4=O)C5=O)cc3)NC(=O)NC1=O)C2=O. The number of aromatic hydroxyl groups is 1. The monoisotopic (exact) mass is 636 g/mol. The van der Waals surface area contributed by atoms with Crippen LogP contribution in [0.2, 0.25) is 0 Å². The van der Waals surface area contributed by atoms with Crippen molar-refractivity contribution in [2.45, 2.75) is 50.9 Å². The predicted molar refractivity (Wildman–Crippen MR) is 167 cm³/mol. The zero-order valence-corrected chi connectivity index (χ0v) is 25.9. The third-order valence-electron chi connectivity index (χ3n) is 9.45. The highest BCUT2D eigenvalue weighted by Crippen LogP contribution is 2.37. The van der Waals surface area contributed by atoms with Crippen LogP contribution in [0.3, 0.4) is 0 Å². The van der Waals surface area contributed by atoms with E-state index in [9.17, 15) is 33.9 Å². The van der Waals surface area contributed by atoms with Crippen LogP contribution in [0.4, 0.5) is 9.59 Å². The van der Waals surface area contributed by atoms with Gasteiger partial charge >= 0.3 is 12.1 Å². The van der Waals surface area contributed by atoms with Gasteiger partial charge in [-0.3, -0.25) is 29.8 Å². The van der Waals surface area contributed by atoms with Crippen LogP contribution >= 0.6 is 0 Å². The summed E-state index contributed by atoms with van der Waals surface area (Å²) < 4.78 is 0. The number of amides is 8. The Morgan fingerprint density at radius 3 is 2.02 bits per heavy atom. The molecule has 2 atom stereocenters. The van der Waals surface area contributed by atoms with Crippen LogP contribution in [0.5, 0.6) is 5.75 Å². The average molecular weight is 637 g/mol. The molecule has 3 aromatic carbocycles. The van der Waals surface area contributed by atoms with Gasteiger partial charge in [0.2, 0.25) is 0 Å². The molecule has 0 aliphatic carbocycles. The van der Waals surface area contributed by atoms with Crippen LogP contribution in [0.25, 0.3) is 11.1 Å². The lowest BCUT2D eigenvalue weighted by Crippen LogP contribution is -2.52. The Bertz CT molecular complexity index is 1940. The summed E-state index contributed by atoms with van der Waals surface area (Å²) in [5.41, 5.74) is 2.59. The molecule has 2 saturated heterocycles. The first-order chi connectivity index (χ1) is 22.3. The Morgan fingerprint density at radius 1 is 0.745 bits per heavy atom. The lowest BCUT2D eigenvalue weighted by molar-refractivity contribution is -0.125. The molecule has 4 heterocycles. The molecule has 2 fully saturated rings. The van der Waals surface area contributed by atoms with Gasteiger partial charge in [-0.15, -0.1) is 0 Å². The maximum atomic E-state index is 13.5. The van der Waals surface area contributed by atoms with Gasteiger partial charge in [0, 0.05) is 24.2 Å². The van der Waals surface area contributed by atoms with Crippen molar-refractivity contribution in [3.05, 3.63) is 88.0 Å². The Morgan fingerprint density at radius 2 is 1.38 bits per heavy atom. The quantitative estimate of drug-likeness (QED) is 0.247. The largest absolute Gasteiger partial charge is 0.508 e. The summed E-state index contributed by atoms with van der Waals surface area (Å²) in [6, 6.07) is 14.3. The van der Waals surface area contributed by atoms with Crippen molar-refractivity contribution in [1.82, 2.24) is 31.1 Å². The summed E-state index contributed by atoms with van der Waals surface area (Å²) in [5, 5.41) is 20.1. The van der Waals surface area contributed by atoms with Crippen LogP contribution in [-0.4, -0.2) is 69.2 Å². The molecule has 0 spiro atoms. The summed E-state index contributed by atoms with van der Waals surface area (Å²) in [5.74, 6) is -1.60. The minimum Gasteiger partial charge on any atom is -0.508 e. The molecular weight excluding hydrogens is 604 g/mol. The van der Waals surface area contributed by atoms with Gasteiger partial charge in [-0.2, -0.15) is 0 Å². The van der Waals surface area contributed by atoms with Crippen LogP contribution in [0.15, 0.2) is 54.6 Å². The molecule has 8 amide bonds. The lowest BCUT2D eigenvalue weighted by atomic mass is 9.87. The number of rotatable bonds is 7. The van der Waals surface area contributed by atoms with Gasteiger partial charge in [-0.25, -0.2) is 9.59 Å². The molecule has 5 N–H and O–H groups in total. The molecule has 240 valence electrons. The number of urea groups is 2. The minimum absolute atomic E-state index is 0.00696. The van der Waals surface area contributed by atoms with Gasteiger partial charge < -0.3 is 25.5 Å². The third kappa shape index (κ3) is 4.77. The average Bonchev–Trinajstić information content (AvgIpc) is 3.68. The highest BCUT2D eigenvalue weighted by molar-refractivity contribution is 6.09. The second-order valence-corrected chi connectivity index (χ2v) is 13.0. The third-order valence-corrected chi connectivity index (χ3v) is 9.45. The molecule has 13 heteroatoms. The van der Waals surface area contributed by atoms with E-state index < -0.39 is 35.0 Å². The van der Waals surface area contributed by atoms with Gasteiger partial charge in [-0.1, -0.05) is 44.2 Å². The van der Waals surface area contributed by atoms with E-state index in [0.717, 1.165) is 27.8 Å². The van der Waals surface area contributed by atoms with Crippen molar-refractivity contribution in [3.63, 3.8) is 0 Å². The molecule has 4 aliphatic heterocycles. The molecule has 0 saturated carbocycles. The van der Waals surface area contributed by atoms with Crippen LogP contribution in [-0.2, 0) is 28.2 Å². The first-order valence-electron chi connectivity index (χ1n) is 15.2. The van der Waals surface area contributed by atoms with E-state index >= 15 is 0 Å². The van der Waals surface area contributed by atoms with Crippen molar-refractivity contribution in [3.8, 4) is 16.9 Å². The topological polar surface area (TPSA) is 177 Å². The van der Waals surface area contributed by atoms with Crippen LogP contribution < -0.4 is 21.3 Å². The van der Waals surface area contributed by atoms with Crippen molar-refractivity contribution < 1.29 is 33.9 Å². The van der Waals surface area contributed by atoms with Crippen LogP contribution in [0.1, 0.15) is 69.7 Å². The number of nitrogens with zero attached hydrogens (tertiary/aromatic N) is 2. The number of benzene rings is 3. The van der Waals surface area contributed by atoms with E-state index in [0.29, 0.717) is 16.7 Å². The fourth-order valence-electron chi connectivity index (χ4n) is 7.01. The molecule has 2 unspecified atom stereocenters. The fourth-order valence-corrected chi connectivity index (χ4v) is 7.01. The number of carbonyl (C=O) groups excluding carboxylic acids is 6. The summed E-state index contributed by atoms with van der Waals surface area (Å²) >= 11 is 0. The highest BCUT2D eigenvalue weighted by atomic mass is 16.3.